The van der Waals surface area contributed by atoms with Gasteiger partial charge in [-0.25, -0.2) is 0 Å². The summed E-state index contributed by atoms with van der Waals surface area (Å²) >= 11 is 0. The van der Waals surface area contributed by atoms with Crippen LogP contribution in [0.15, 0.2) is 71.8 Å². The van der Waals surface area contributed by atoms with Crippen molar-refractivity contribution in [2.24, 2.45) is 5.10 Å². The number of ether oxygens (including phenoxy) is 1. The third-order valence-corrected chi connectivity index (χ3v) is 4.59. The second-order valence-electron chi connectivity index (χ2n) is 6.08. The summed E-state index contributed by atoms with van der Waals surface area (Å²) in [7, 11) is 1.64. The van der Waals surface area contributed by atoms with E-state index in [9.17, 15) is 4.79 Å². The van der Waals surface area contributed by atoms with Gasteiger partial charge in [0.05, 0.1) is 13.0 Å². The van der Waals surface area contributed by atoms with Gasteiger partial charge in [-0.3, -0.25) is 4.79 Å². The zero-order chi connectivity index (χ0) is 17.2. The van der Waals surface area contributed by atoms with Crippen LogP contribution in [0.5, 0.6) is 5.75 Å². The average molecular weight is 330 g/mol. The van der Waals surface area contributed by atoms with Gasteiger partial charge < -0.3 is 10.2 Å². The SMILES string of the molecule is COc1ccc([C@H]2CNN=C2C(=O)c2ccc3ccccc3c2)cc1. The van der Waals surface area contributed by atoms with Gasteiger partial charge in [0.15, 0.2) is 0 Å². The molecule has 4 rings (SSSR count). The Morgan fingerprint density at radius 2 is 1.80 bits per heavy atom. The van der Waals surface area contributed by atoms with Crippen LogP contribution in [-0.4, -0.2) is 25.1 Å². The Hall–Kier alpha value is -3.14. The van der Waals surface area contributed by atoms with E-state index in [0.29, 0.717) is 17.8 Å². The number of hydrazone groups is 1. The maximum Gasteiger partial charge on any atom is 0.209 e. The van der Waals surface area contributed by atoms with E-state index in [1.165, 1.54) is 0 Å². The summed E-state index contributed by atoms with van der Waals surface area (Å²) in [5.41, 5.74) is 5.25. The van der Waals surface area contributed by atoms with Crippen molar-refractivity contribution in [2.75, 3.05) is 13.7 Å². The zero-order valence-electron chi connectivity index (χ0n) is 13.9. The van der Waals surface area contributed by atoms with Crippen molar-refractivity contribution in [3.05, 3.63) is 77.9 Å². The van der Waals surface area contributed by atoms with Crippen molar-refractivity contribution < 1.29 is 9.53 Å². The predicted molar refractivity (Wildman–Crippen MR) is 99.5 cm³/mol. The quantitative estimate of drug-likeness (QED) is 0.741. The number of rotatable bonds is 4. The molecule has 0 bridgehead atoms. The highest BCUT2D eigenvalue weighted by Gasteiger charge is 2.29. The zero-order valence-corrected chi connectivity index (χ0v) is 13.9. The monoisotopic (exact) mass is 330 g/mol. The molecule has 124 valence electrons. The lowest BCUT2D eigenvalue weighted by molar-refractivity contribution is 0.106. The van der Waals surface area contributed by atoms with E-state index in [1.807, 2.05) is 66.7 Å². The van der Waals surface area contributed by atoms with Gasteiger partial charge in [-0.2, -0.15) is 5.10 Å². The number of hydrogen-bond donors (Lipinski definition) is 1. The molecule has 1 aliphatic heterocycles. The molecule has 1 heterocycles. The lowest BCUT2D eigenvalue weighted by Gasteiger charge is -2.12. The molecule has 0 aromatic heterocycles. The summed E-state index contributed by atoms with van der Waals surface area (Å²) in [5.74, 6) is 0.718. The molecular weight excluding hydrogens is 312 g/mol. The van der Waals surface area contributed by atoms with Gasteiger partial charge in [0.1, 0.15) is 11.5 Å². The first kappa shape index (κ1) is 15.4. The Morgan fingerprint density at radius 3 is 2.56 bits per heavy atom. The normalized spacial score (nSPS) is 16.4. The summed E-state index contributed by atoms with van der Waals surface area (Å²) in [6, 6.07) is 21.6. The first-order valence-corrected chi connectivity index (χ1v) is 8.24. The van der Waals surface area contributed by atoms with Crippen LogP contribution in [0.4, 0.5) is 0 Å². The number of carbonyl (C=O) groups excluding carboxylic acids is 1. The van der Waals surface area contributed by atoms with E-state index in [0.717, 1.165) is 22.1 Å². The van der Waals surface area contributed by atoms with Crippen molar-refractivity contribution in [1.82, 2.24) is 5.43 Å². The number of Topliss-reactive ketones (excluding diaryl/α,β-unsaturated/α-hetero) is 1. The molecule has 4 nitrogen and oxygen atoms in total. The fourth-order valence-electron chi connectivity index (χ4n) is 3.20. The topological polar surface area (TPSA) is 50.7 Å². The molecule has 1 N–H and O–H groups in total. The average Bonchev–Trinajstić information content (AvgIpc) is 3.17. The Kier molecular flexibility index (Phi) is 3.94. The molecule has 0 radical (unpaired) electrons. The Balaban J connectivity index is 1.65. The van der Waals surface area contributed by atoms with Crippen molar-refractivity contribution >= 4 is 22.3 Å². The third kappa shape index (κ3) is 2.87. The Morgan fingerprint density at radius 1 is 1.04 bits per heavy atom. The van der Waals surface area contributed by atoms with E-state index in [4.69, 9.17) is 4.74 Å². The number of carbonyl (C=O) groups is 1. The molecule has 0 fully saturated rings. The summed E-state index contributed by atoms with van der Waals surface area (Å²) in [5, 5.41) is 6.46. The highest BCUT2D eigenvalue weighted by molar-refractivity contribution is 6.48. The summed E-state index contributed by atoms with van der Waals surface area (Å²) < 4.78 is 5.20. The number of nitrogens with one attached hydrogen (secondary N) is 1. The predicted octanol–water partition coefficient (Wildman–Crippen LogP) is 3.77. The molecule has 0 saturated heterocycles. The van der Waals surface area contributed by atoms with Crippen LogP contribution < -0.4 is 10.2 Å². The van der Waals surface area contributed by atoms with E-state index >= 15 is 0 Å². The molecule has 1 atom stereocenters. The van der Waals surface area contributed by atoms with E-state index in [-0.39, 0.29) is 11.7 Å². The highest BCUT2D eigenvalue weighted by Crippen LogP contribution is 2.25. The molecule has 0 saturated carbocycles. The highest BCUT2D eigenvalue weighted by atomic mass is 16.5. The smallest absolute Gasteiger partial charge is 0.209 e. The second kappa shape index (κ2) is 6.40. The van der Waals surface area contributed by atoms with Crippen molar-refractivity contribution in [3.63, 3.8) is 0 Å². The van der Waals surface area contributed by atoms with Crippen LogP contribution >= 0.6 is 0 Å². The van der Waals surface area contributed by atoms with Crippen LogP contribution in [0.2, 0.25) is 0 Å². The molecule has 1 aliphatic rings. The fraction of sp³-hybridized carbons (Fsp3) is 0.143. The molecule has 0 spiro atoms. The Bertz CT molecular complexity index is 961. The first-order chi connectivity index (χ1) is 12.3. The van der Waals surface area contributed by atoms with E-state index < -0.39 is 0 Å². The third-order valence-electron chi connectivity index (χ3n) is 4.59. The minimum Gasteiger partial charge on any atom is -0.497 e. The standard InChI is InChI=1S/C21H18N2O2/c1-25-18-10-8-15(9-11-18)19-13-22-23-20(19)21(24)17-7-6-14-4-2-3-5-16(14)12-17/h2-12,19,22H,13H2,1H3/t19-/m1/s1. The van der Waals surface area contributed by atoms with Gasteiger partial charge in [0, 0.05) is 12.1 Å². The van der Waals surface area contributed by atoms with Gasteiger partial charge in [-0.1, -0.05) is 48.5 Å². The minimum atomic E-state index is -0.0510. The molecule has 0 amide bonds. The van der Waals surface area contributed by atoms with E-state index in [1.54, 1.807) is 7.11 Å². The minimum absolute atomic E-state index is 0.0310. The summed E-state index contributed by atoms with van der Waals surface area (Å²) in [4.78, 5) is 13.0. The Labute approximate surface area is 146 Å². The summed E-state index contributed by atoms with van der Waals surface area (Å²) in [6.07, 6.45) is 0. The number of ketones is 1. The van der Waals surface area contributed by atoms with Crippen LogP contribution in [0.1, 0.15) is 21.8 Å². The van der Waals surface area contributed by atoms with Gasteiger partial charge in [0.2, 0.25) is 5.78 Å². The van der Waals surface area contributed by atoms with Crippen molar-refractivity contribution in [3.8, 4) is 5.75 Å². The second-order valence-corrected chi connectivity index (χ2v) is 6.08. The van der Waals surface area contributed by atoms with Gasteiger partial charge in [-0.05, 0) is 34.5 Å². The van der Waals surface area contributed by atoms with E-state index in [2.05, 4.69) is 10.5 Å². The van der Waals surface area contributed by atoms with Gasteiger partial charge in [0.25, 0.3) is 0 Å². The van der Waals surface area contributed by atoms with Crippen LogP contribution in [0, 0.1) is 0 Å². The molecule has 0 aliphatic carbocycles. The lowest BCUT2D eigenvalue weighted by Crippen LogP contribution is -2.21. The molecular formula is C21H18N2O2. The number of methoxy groups -OCH3 is 1. The maximum absolute atomic E-state index is 13.0. The van der Waals surface area contributed by atoms with Crippen LogP contribution in [0.25, 0.3) is 10.8 Å². The van der Waals surface area contributed by atoms with Crippen LogP contribution in [0.3, 0.4) is 0 Å². The molecule has 4 heteroatoms. The van der Waals surface area contributed by atoms with Gasteiger partial charge in [-0.15, -0.1) is 0 Å². The summed E-state index contributed by atoms with van der Waals surface area (Å²) in [6.45, 7) is 0.626. The fourth-order valence-corrected chi connectivity index (χ4v) is 3.20. The van der Waals surface area contributed by atoms with Crippen molar-refractivity contribution in [1.29, 1.82) is 0 Å². The number of hydrogen-bond acceptors (Lipinski definition) is 4. The maximum atomic E-state index is 13.0. The van der Waals surface area contributed by atoms with Gasteiger partial charge >= 0.3 is 0 Å². The largest absolute Gasteiger partial charge is 0.497 e. The first-order valence-electron chi connectivity index (χ1n) is 8.24. The molecule has 0 unspecified atom stereocenters. The number of nitrogens with zero attached hydrogens (tertiary/aromatic N) is 1. The number of benzene rings is 3. The molecule has 25 heavy (non-hydrogen) atoms. The molecule has 3 aromatic rings. The van der Waals surface area contributed by atoms with Crippen LogP contribution in [-0.2, 0) is 0 Å². The lowest BCUT2D eigenvalue weighted by atomic mass is 9.90. The van der Waals surface area contributed by atoms with Crippen molar-refractivity contribution in [2.45, 2.75) is 5.92 Å². The molecule has 3 aromatic carbocycles. The number of fused-ring (bicyclic) bond motifs is 1.